The normalized spacial score (nSPS) is 23.9. The Hall–Kier alpha value is -1.41. The van der Waals surface area contributed by atoms with Crippen molar-refractivity contribution in [2.75, 3.05) is 13.1 Å². The molecule has 1 aromatic carbocycles. The lowest BCUT2D eigenvalue weighted by Gasteiger charge is -2.17. The first-order chi connectivity index (χ1) is 11.1. The molecule has 0 amide bonds. The van der Waals surface area contributed by atoms with E-state index in [1.807, 2.05) is 34.9 Å². The predicted octanol–water partition coefficient (Wildman–Crippen LogP) is 1.37. The zero-order valence-electron chi connectivity index (χ0n) is 13.2. The molecule has 0 aliphatic carbocycles. The summed E-state index contributed by atoms with van der Waals surface area (Å²) in [6.45, 7) is 1.50. The van der Waals surface area contributed by atoms with Crippen LogP contribution in [0, 0.1) is 0 Å². The minimum absolute atomic E-state index is 0. The van der Waals surface area contributed by atoms with E-state index in [1.54, 1.807) is 0 Å². The van der Waals surface area contributed by atoms with Crippen molar-refractivity contribution in [1.29, 1.82) is 0 Å². The van der Waals surface area contributed by atoms with Crippen molar-refractivity contribution in [2.45, 2.75) is 36.4 Å². The third kappa shape index (κ3) is 2.75. The monoisotopic (exact) mass is 368 g/mol. The molecule has 0 saturated carbocycles. The van der Waals surface area contributed by atoms with Gasteiger partial charge >= 0.3 is 0 Å². The van der Waals surface area contributed by atoms with E-state index in [0.29, 0.717) is 18.1 Å². The van der Waals surface area contributed by atoms with Gasteiger partial charge in [0.2, 0.25) is 0 Å². The van der Waals surface area contributed by atoms with Crippen LogP contribution < -0.4 is 5.73 Å². The van der Waals surface area contributed by atoms with Gasteiger partial charge in [0.1, 0.15) is 5.82 Å². The fourth-order valence-electron chi connectivity index (χ4n) is 3.61. The Balaban J connectivity index is 0.00000169. The van der Waals surface area contributed by atoms with E-state index in [2.05, 4.69) is 4.98 Å². The van der Waals surface area contributed by atoms with Crippen molar-refractivity contribution < 1.29 is 8.42 Å². The predicted molar refractivity (Wildman–Crippen MR) is 93.7 cm³/mol. The summed E-state index contributed by atoms with van der Waals surface area (Å²) in [5, 5.41) is 0.311. The molecule has 24 heavy (non-hydrogen) atoms. The third-order valence-corrected chi connectivity index (χ3v) is 6.68. The number of hydrogen-bond donors (Lipinski definition) is 1. The molecule has 1 aromatic heterocycles. The molecule has 2 aliphatic heterocycles. The van der Waals surface area contributed by atoms with Crippen molar-refractivity contribution in [2.24, 2.45) is 5.73 Å². The number of sulfonamides is 1. The topological polar surface area (TPSA) is 81.2 Å². The lowest BCUT2D eigenvalue weighted by atomic mass is 9.95. The molecule has 130 valence electrons. The largest absolute Gasteiger partial charge is 0.326 e. The molecular weight excluding hydrogens is 348 g/mol. The molecule has 0 spiro atoms. The molecule has 3 heterocycles. The Bertz CT molecular complexity index is 822. The maximum atomic E-state index is 13.0. The van der Waals surface area contributed by atoms with Gasteiger partial charge < -0.3 is 10.3 Å². The number of benzene rings is 1. The highest BCUT2D eigenvalue weighted by Gasteiger charge is 2.40. The average molecular weight is 369 g/mol. The minimum atomic E-state index is -3.54. The van der Waals surface area contributed by atoms with Crippen LogP contribution in [0.2, 0.25) is 0 Å². The van der Waals surface area contributed by atoms with Gasteiger partial charge in [-0.25, -0.2) is 13.4 Å². The summed E-state index contributed by atoms with van der Waals surface area (Å²) < 4.78 is 29.3. The molecule has 2 aromatic rings. The number of nitrogens with two attached hydrogens (primary N) is 1. The Morgan fingerprint density at radius 1 is 1.17 bits per heavy atom. The number of aromatic nitrogens is 2. The van der Waals surface area contributed by atoms with E-state index < -0.39 is 10.0 Å². The van der Waals surface area contributed by atoms with Crippen molar-refractivity contribution in [3.8, 4) is 0 Å². The Morgan fingerprint density at radius 2 is 1.92 bits per heavy atom. The maximum absolute atomic E-state index is 13.0. The van der Waals surface area contributed by atoms with Gasteiger partial charge in [0, 0.05) is 38.0 Å². The van der Waals surface area contributed by atoms with E-state index >= 15 is 0 Å². The molecule has 2 N–H and O–H groups in total. The summed E-state index contributed by atoms with van der Waals surface area (Å²) in [7, 11) is -3.54. The number of fused-ring (bicyclic) bond motifs is 1. The summed E-state index contributed by atoms with van der Waals surface area (Å²) in [5.41, 5.74) is 7.33. The smallest absolute Gasteiger partial charge is 0.260 e. The number of nitrogens with zero attached hydrogens (tertiary/aromatic N) is 3. The first-order valence-electron chi connectivity index (χ1n) is 7.92. The first-order valence-corrected chi connectivity index (χ1v) is 9.36. The van der Waals surface area contributed by atoms with Crippen LogP contribution in [0.3, 0.4) is 0 Å². The maximum Gasteiger partial charge on any atom is 0.260 e. The number of rotatable bonds is 3. The zero-order valence-corrected chi connectivity index (χ0v) is 14.8. The van der Waals surface area contributed by atoms with Gasteiger partial charge in [-0.05, 0) is 12.0 Å². The van der Waals surface area contributed by atoms with Crippen LogP contribution in [0.1, 0.15) is 23.7 Å². The van der Waals surface area contributed by atoms with Crippen molar-refractivity contribution in [1.82, 2.24) is 13.9 Å². The lowest BCUT2D eigenvalue weighted by Crippen LogP contribution is -2.33. The number of halogens is 1. The highest BCUT2D eigenvalue weighted by atomic mass is 35.5. The Labute approximate surface area is 148 Å². The molecule has 8 heteroatoms. The van der Waals surface area contributed by atoms with Crippen LogP contribution in [-0.2, 0) is 23.0 Å². The molecule has 0 radical (unpaired) electrons. The first kappa shape index (κ1) is 17.4. The van der Waals surface area contributed by atoms with Crippen LogP contribution in [0.4, 0.5) is 0 Å². The third-order valence-electron chi connectivity index (χ3n) is 4.85. The lowest BCUT2D eigenvalue weighted by molar-refractivity contribution is 0.461. The van der Waals surface area contributed by atoms with Gasteiger partial charge in [-0.1, -0.05) is 30.3 Å². The van der Waals surface area contributed by atoms with Crippen LogP contribution in [0.15, 0.2) is 41.6 Å². The van der Waals surface area contributed by atoms with Gasteiger partial charge in [0.15, 0.2) is 5.03 Å². The fraction of sp³-hybridized carbons (Fsp3) is 0.438. The Morgan fingerprint density at radius 3 is 2.67 bits per heavy atom. The minimum Gasteiger partial charge on any atom is -0.326 e. The number of hydrogen-bond acceptors (Lipinski definition) is 4. The zero-order chi connectivity index (χ0) is 16.0. The van der Waals surface area contributed by atoms with E-state index in [0.717, 1.165) is 30.8 Å². The average Bonchev–Trinajstić information content (AvgIpc) is 3.22. The molecule has 0 unspecified atom stereocenters. The molecule has 4 rings (SSSR count). The number of aryl methyl sites for hydroxylation is 1. The summed E-state index contributed by atoms with van der Waals surface area (Å²) in [6, 6.07) is 9.71. The Kier molecular flexibility index (Phi) is 4.70. The molecule has 2 atom stereocenters. The molecular formula is C16H21ClN4O2S. The second-order valence-corrected chi connectivity index (χ2v) is 8.16. The van der Waals surface area contributed by atoms with Crippen LogP contribution >= 0.6 is 12.4 Å². The van der Waals surface area contributed by atoms with Crippen LogP contribution in [0.25, 0.3) is 0 Å². The molecule has 6 nitrogen and oxygen atoms in total. The van der Waals surface area contributed by atoms with Gasteiger partial charge in [0.05, 0.1) is 6.20 Å². The van der Waals surface area contributed by atoms with Gasteiger partial charge in [-0.2, -0.15) is 4.31 Å². The van der Waals surface area contributed by atoms with Gasteiger partial charge in [0.25, 0.3) is 10.0 Å². The molecule has 1 fully saturated rings. The fourth-order valence-corrected chi connectivity index (χ4v) is 5.26. The van der Waals surface area contributed by atoms with E-state index in [-0.39, 0.29) is 24.4 Å². The van der Waals surface area contributed by atoms with Crippen molar-refractivity contribution >= 4 is 22.4 Å². The summed E-state index contributed by atoms with van der Waals surface area (Å²) in [4.78, 5) is 4.26. The van der Waals surface area contributed by atoms with Crippen LogP contribution in [-0.4, -0.2) is 41.4 Å². The van der Waals surface area contributed by atoms with E-state index in [4.69, 9.17) is 5.73 Å². The SMILES string of the molecule is Cl.N[C@@H]1CN(S(=O)(=O)c2cnc3n2CCC3)C[C@H]1c1ccccc1. The summed E-state index contributed by atoms with van der Waals surface area (Å²) >= 11 is 0. The standard InChI is InChI=1S/C16H20N4O2S.ClH/c17-14-11-19(10-13(14)12-5-2-1-3-6-12)23(21,22)16-9-18-15-7-4-8-20(15)16;/h1-3,5-6,9,13-14H,4,7-8,10-11,17H2;1H/t13-,14+;/m0./s1. The van der Waals surface area contributed by atoms with Crippen LogP contribution in [0.5, 0.6) is 0 Å². The quantitative estimate of drug-likeness (QED) is 0.887. The number of imidazole rings is 1. The highest BCUT2D eigenvalue weighted by molar-refractivity contribution is 7.89. The van der Waals surface area contributed by atoms with Crippen molar-refractivity contribution in [3.05, 3.63) is 47.9 Å². The molecule has 0 bridgehead atoms. The molecule has 1 saturated heterocycles. The van der Waals surface area contributed by atoms with E-state index in [1.165, 1.54) is 10.5 Å². The van der Waals surface area contributed by atoms with Gasteiger partial charge in [-0.3, -0.25) is 0 Å². The molecule has 2 aliphatic rings. The van der Waals surface area contributed by atoms with E-state index in [9.17, 15) is 8.42 Å². The highest BCUT2D eigenvalue weighted by Crippen LogP contribution is 2.31. The van der Waals surface area contributed by atoms with Gasteiger partial charge in [-0.15, -0.1) is 12.4 Å². The second-order valence-electron chi connectivity index (χ2n) is 6.27. The summed E-state index contributed by atoms with van der Waals surface area (Å²) in [5.74, 6) is 0.902. The second kappa shape index (κ2) is 6.48. The van der Waals surface area contributed by atoms with Crippen molar-refractivity contribution in [3.63, 3.8) is 0 Å². The summed E-state index contributed by atoms with van der Waals surface area (Å²) in [6.07, 6.45) is 3.30.